The highest BCUT2D eigenvalue weighted by Gasteiger charge is 2.03. The summed E-state index contributed by atoms with van der Waals surface area (Å²) in [6, 6.07) is 6.44. The Morgan fingerprint density at radius 3 is 2.58 bits per heavy atom. The molecule has 0 spiro atoms. The van der Waals surface area contributed by atoms with E-state index in [0.29, 0.717) is 5.56 Å². The molecule has 1 aromatic rings. The topological polar surface area (TPSA) is 66.5 Å². The number of phenolic OH excluding ortho intramolecular Hbond substituents is 1. The van der Waals surface area contributed by atoms with E-state index in [-0.39, 0.29) is 29.3 Å². The molecule has 0 aromatic heterocycles. The molecule has 0 aliphatic rings. The van der Waals surface area contributed by atoms with Crippen LogP contribution < -0.4 is 5.73 Å². The first-order chi connectivity index (χ1) is 5.24. The van der Waals surface area contributed by atoms with E-state index in [9.17, 15) is 5.11 Å². The average Bonchev–Trinajstić information content (AvgIpc) is 2.03. The highest BCUT2D eigenvalue weighted by Crippen LogP contribution is 2.16. The zero-order valence-electron chi connectivity index (χ0n) is 6.47. The molecule has 12 heavy (non-hydrogen) atoms. The van der Waals surface area contributed by atoms with Crippen molar-refractivity contribution in [2.24, 2.45) is 5.73 Å². The van der Waals surface area contributed by atoms with E-state index < -0.39 is 6.10 Å². The van der Waals surface area contributed by atoms with Crippen LogP contribution in [-0.4, -0.2) is 16.8 Å². The van der Waals surface area contributed by atoms with E-state index in [4.69, 9.17) is 10.8 Å². The third kappa shape index (κ3) is 2.81. The minimum atomic E-state index is -0.679. The predicted octanol–water partition coefficient (Wildman–Crippen LogP) is 0.962. The minimum Gasteiger partial charge on any atom is -0.508 e. The molecule has 0 saturated carbocycles. The Labute approximate surface area is 81.6 Å². The fourth-order valence-electron chi connectivity index (χ4n) is 0.868. The molecule has 1 aromatic carbocycles. The second-order valence-corrected chi connectivity index (χ2v) is 2.35. The van der Waals surface area contributed by atoms with Crippen LogP contribution in [-0.2, 0) is 0 Å². The first kappa shape index (κ1) is 11.4. The van der Waals surface area contributed by atoms with Gasteiger partial charge in [-0.15, -0.1) is 17.0 Å². The van der Waals surface area contributed by atoms with Crippen molar-refractivity contribution in [3.8, 4) is 5.75 Å². The van der Waals surface area contributed by atoms with Gasteiger partial charge in [-0.05, 0) is 17.7 Å². The number of hydrogen-bond donors (Lipinski definition) is 3. The summed E-state index contributed by atoms with van der Waals surface area (Å²) in [7, 11) is 0. The van der Waals surface area contributed by atoms with Crippen LogP contribution in [0.5, 0.6) is 5.75 Å². The average molecular weight is 234 g/mol. The molecule has 0 bridgehead atoms. The molecule has 1 rings (SSSR count). The Bertz CT molecular complexity index is 242. The molecule has 3 nitrogen and oxygen atoms in total. The smallest absolute Gasteiger partial charge is 0.115 e. The summed E-state index contributed by atoms with van der Waals surface area (Å²) in [5, 5.41) is 18.2. The van der Waals surface area contributed by atoms with Gasteiger partial charge in [0.2, 0.25) is 0 Å². The third-order valence-corrected chi connectivity index (χ3v) is 1.48. The monoisotopic (exact) mass is 233 g/mol. The molecule has 0 fully saturated rings. The van der Waals surface area contributed by atoms with Gasteiger partial charge < -0.3 is 15.9 Å². The lowest BCUT2D eigenvalue weighted by Crippen LogP contribution is -2.11. The summed E-state index contributed by atoms with van der Waals surface area (Å²) >= 11 is 0. The Morgan fingerprint density at radius 1 is 1.42 bits per heavy atom. The van der Waals surface area contributed by atoms with Gasteiger partial charge in [-0.1, -0.05) is 12.1 Å². The van der Waals surface area contributed by atoms with E-state index in [2.05, 4.69) is 0 Å². The maximum atomic E-state index is 9.22. The van der Waals surface area contributed by atoms with Crippen molar-refractivity contribution in [2.75, 3.05) is 6.54 Å². The third-order valence-electron chi connectivity index (χ3n) is 1.48. The van der Waals surface area contributed by atoms with Crippen molar-refractivity contribution in [1.29, 1.82) is 0 Å². The molecule has 0 heterocycles. The second kappa shape index (κ2) is 5.13. The first-order valence-electron chi connectivity index (χ1n) is 3.41. The van der Waals surface area contributed by atoms with E-state index in [1.54, 1.807) is 18.2 Å². The van der Waals surface area contributed by atoms with E-state index in [1.807, 2.05) is 0 Å². The maximum Gasteiger partial charge on any atom is 0.115 e. The van der Waals surface area contributed by atoms with Gasteiger partial charge in [-0.3, -0.25) is 0 Å². The van der Waals surface area contributed by atoms with Crippen LogP contribution >= 0.6 is 17.0 Å². The number of benzene rings is 1. The highest BCUT2D eigenvalue weighted by atomic mass is 79.9. The molecule has 1 atom stereocenters. The van der Waals surface area contributed by atoms with Crippen molar-refractivity contribution >= 4 is 17.0 Å². The molecular weight excluding hydrogens is 222 g/mol. The predicted molar refractivity (Wildman–Crippen MR) is 52.4 cm³/mol. The van der Waals surface area contributed by atoms with Gasteiger partial charge >= 0.3 is 0 Å². The van der Waals surface area contributed by atoms with Crippen molar-refractivity contribution < 1.29 is 10.2 Å². The number of hydrogen-bond acceptors (Lipinski definition) is 3. The normalized spacial score (nSPS) is 11.8. The molecule has 0 aliphatic heterocycles. The number of nitrogens with two attached hydrogens (primary N) is 1. The number of phenols is 1. The summed E-state index contributed by atoms with van der Waals surface area (Å²) in [6.45, 7) is 0.170. The number of aliphatic hydroxyl groups excluding tert-OH is 1. The molecule has 1 unspecified atom stereocenters. The minimum absolute atomic E-state index is 0. The Hall–Kier alpha value is -0.580. The zero-order valence-corrected chi connectivity index (χ0v) is 8.19. The molecular formula is C8H12BrNO2. The lowest BCUT2D eigenvalue weighted by Gasteiger charge is -2.06. The van der Waals surface area contributed by atoms with Gasteiger partial charge in [0.05, 0.1) is 6.10 Å². The Kier molecular flexibility index (Phi) is 4.89. The lowest BCUT2D eigenvalue weighted by molar-refractivity contribution is 0.186. The van der Waals surface area contributed by atoms with Crippen LogP contribution in [0.25, 0.3) is 0 Å². The van der Waals surface area contributed by atoms with Gasteiger partial charge in [0.15, 0.2) is 0 Å². The SMILES string of the molecule is Br.NCC(O)c1cccc(O)c1. The lowest BCUT2D eigenvalue weighted by atomic mass is 10.1. The van der Waals surface area contributed by atoms with Gasteiger partial charge in [-0.2, -0.15) is 0 Å². The Balaban J connectivity index is 0.00000121. The number of aliphatic hydroxyl groups is 1. The van der Waals surface area contributed by atoms with E-state index in [1.165, 1.54) is 6.07 Å². The maximum absolute atomic E-state index is 9.22. The first-order valence-corrected chi connectivity index (χ1v) is 3.41. The van der Waals surface area contributed by atoms with Crippen LogP contribution in [0.15, 0.2) is 24.3 Å². The zero-order chi connectivity index (χ0) is 8.27. The van der Waals surface area contributed by atoms with E-state index >= 15 is 0 Å². The number of rotatable bonds is 2. The Morgan fingerprint density at radius 2 is 2.08 bits per heavy atom. The van der Waals surface area contributed by atoms with Gasteiger partial charge in [0.1, 0.15) is 5.75 Å². The highest BCUT2D eigenvalue weighted by molar-refractivity contribution is 8.93. The van der Waals surface area contributed by atoms with Gasteiger partial charge in [-0.25, -0.2) is 0 Å². The quantitative estimate of drug-likeness (QED) is 0.714. The fourth-order valence-corrected chi connectivity index (χ4v) is 0.868. The summed E-state index contributed by atoms with van der Waals surface area (Å²) in [5.74, 6) is 0.148. The van der Waals surface area contributed by atoms with Crippen molar-refractivity contribution in [3.05, 3.63) is 29.8 Å². The molecule has 0 saturated heterocycles. The molecule has 4 N–H and O–H groups in total. The molecule has 4 heteroatoms. The van der Waals surface area contributed by atoms with Crippen LogP contribution in [0, 0.1) is 0 Å². The molecule has 68 valence electrons. The van der Waals surface area contributed by atoms with Crippen LogP contribution in [0.3, 0.4) is 0 Å². The van der Waals surface area contributed by atoms with Crippen molar-refractivity contribution in [2.45, 2.75) is 6.10 Å². The van der Waals surface area contributed by atoms with Crippen LogP contribution in [0.4, 0.5) is 0 Å². The second-order valence-electron chi connectivity index (χ2n) is 2.35. The number of aromatic hydroxyl groups is 1. The van der Waals surface area contributed by atoms with Crippen molar-refractivity contribution in [3.63, 3.8) is 0 Å². The summed E-state index contributed by atoms with van der Waals surface area (Å²) in [4.78, 5) is 0. The molecule has 0 amide bonds. The summed E-state index contributed by atoms with van der Waals surface area (Å²) in [6.07, 6.45) is -0.679. The van der Waals surface area contributed by atoms with E-state index in [0.717, 1.165) is 0 Å². The van der Waals surface area contributed by atoms with Gasteiger partial charge in [0, 0.05) is 6.54 Å². The fraction of sp³-hybridized carbons (Fsp3) is 0.250. The molecule has 0 aliphatic carbocycles. The number of halogens is 1. The van der Waals surface area contributed by atoms with Crippen LogP contribution in [0.1, 0.15) is 11.7 Å². The van der Waals surface area contributed by atoms with Crippen LogP contribution in [0.2, 0.25) is 0 Å². The van der Waals surface area contributed by atoms with Gasteiger partial charge in [0.25, 0.3) is 0 Å². The summed E-state index contributed by atoms with van der Waals surface area (Å²) in [5.41, 5.74) is 5.87. The molecule has 0 radical (unpaired) electrons. The summed E-state index contributed by atoms with van der Waals surface area (Å²) < 4.78 is 0. The standard InChI is InChI=1S/C8H11NO2.BrH/c9-5-8(11)6-2-1-3-7(10)4-6;/h1-4,8,10-11H,5,9H2;1H. The van der Waals surface area contributed by atoms with Crippen molar-refractivity contribution in [1.82, 2.24) is 0 Å². The largest absolute Gasteiger partial charge is 0.508 e.